The molecular formula is C21H17F3N2O2. The summed E-state index contributed by atoms with van der Waals surface area (Å²) < 4.78 is 43.3. The lowest BCUT2D eigenvalue weighted by molar-refractivity contribution is -0.144. The van der Waals surface area contributed by atoms with Gasteiger partial charge in [0.05, 0.1) is 18.0 Å². The topological polar surface area (TPSA) is 44.1 Å². The number of hydrogen-bond acceptors (Lipinski definition) is 3. The summed E-state index contributed by atoms with van der Waals surface area (Å²) in [6.07, 6.45) is -3.06. The highest BCUT2D eigenvalue weighted by atomic mass is 19.3. The molecule has 3 rings (SSSR count). The molecule has 0 aliphatic carbocycles. The zero-order chi connectivity index (χ0) is 19.9. The van der Waals surface area contributed by atoms with E-state index in [1.165, 1.54) is 4.68 Å². The molecule has 0 bridgehead atoms. The molecule has 0 amide bonds. The van der Waals surface area contributed by atoms with E-state index < -0.39 is 30.9 Å². The predicted octanol–water partition coefficient (Wildman–Crippen LogP) is 5.23. The van der Waals surface area contributed by atoms with Crippen LogP contribution in [0.5, 0.6) is 0 Å². The van der Waals surface area contributed by atoms with E-state index in [1.54, 1.807) is 0 Å². The Morgan fingerprint density at radius 1 is 0.929 bits per heavy atom. The summed E-state index contributed by atoms with van der Waals surface area (Å²) in [5, 5.41) is 4.48. The maximum absolute atomic E-state index is 12.8. The van der Waals surface area contributed by atoms with Crippen LogP contribution in [0.3, 0.4) is 0 Å². The van der Waals surface area contributed by atoms with Crippen LogP contribution in [0.1, 0.15) is 6.42 Å². The lowest BCUT2D eigenvalue weighted by atomic mass is 10.1. The van der Waals surface area contributed by atoms with Gasteiger partial charge in [-0.05, 0) is 11.6 Å². The Balaban J connectivity index is 1.80. The van der Waals surface area contributed by atoms with Crippen LogP contribution in [0.4, 0.5) is 13.2 Å². The largest absolute Gasteiger partial charge is 0.464 e. The second kappa shape index (κ2) is 9.03. The number of aromatic nitrogens is 2. The molecule has 2 aromatic carbocycles. The lowest BCUT2D eigenvalue weighted by Crippen LogP contribution is -2.16. The molecule has 0 radical (unpaired) electrons. The van der Waals surface area contributed by atoms with Gasteiger partial charge in [-0.3, -0.25) is 9.48 Å². The third kappa shape index (κ3) is 4.88. The Morgan fingerprint density at radius 2 is 1.54 bits per heavy atom. The van der Waals surface area contributed by atoms with Crippen molar-refractivity contribution in [1.29, 1.82) is 0 Å². The first-order chi connectivity index (χ1) is 13.5. The quantitative estimate of drug-likeness (QED) is 0.523. The van der Waals surface area contributed by atoms with E-state index in [1.807, 2.05) is 66.7 Å². The SMILES string of the molecule is O=C(Cn1nc(-c2ccccc2)cc1-c1ccccc1)OCCC(F)=C(F)F. The fourth-order valence-electron chi connectivity index (χ4n) is 2.65. The van der Waals surface area contributed by atoms with Crippen molar-refractivity contribution in [3.63, 3.8) is 0 Å². The number of nitrogens with zero attached hydrogens (tertiary/aromatic N) is 2. The molecule has 0 fully saturated rings. The molecule has 0 spiro atoms. The first-order valence-corrected chi connectivity index (χ1v) is 8.58. The molecule has 0 N–H and O–H groups in total. The fourth-order valence-corrected chi connectivity index (χ4v) is 2.65. The van der Waals surface area contributed by atoms with Crippen LogP contribution in [0.2, 0.25) is 0 Å². The van der Waals surface area contributed by atoms with Gasteiger partial charge in [-0.1, -0.05) is 60.7 Å². The van der Waals surface area contributed by atoms with Crippen LogP contribution in [-0.4, -0.2) is 22.4 Å². The van der Waals surface area contributed by atoms with Crippen molar-refractivity contribution in [3.05, 3.63) is 78.6 Å². The highest BCUT2D eigenvalue weighted by molar-refractivity contribution is 5.73. The van der Waals surface area contributed by atoms with Crippen molar-refractivity contribution >= 4 is 5.97 Å². The number of rotatable bonds is 7. The molecule has 28 heavy (non-hydrogen) atoms. The molecule has 3 aromatic rings. The van der Waals surface area contributed by atoms with Gasteiger partial charge in [-0.2, -0.15) is 13.9 Å². The molecule has 0 atom stereocenters. The number of halogens is 3. The van der Waals surface area contributed by atoms with Gasteiger partial charge >= 0.3 is 12.0 Å². The second-order valence-electron chi connectivity index (χ2n) is 5.94. The zero-order valence-corrected chi connectivity index (χ0v) is 14.8. The summed E-state index contributed by atoms with van der Waals surface area (Å²) >= 11 is 0. The van der Waals surface area contributed by atoms with Crippen molar-refractivity contribution in [2.45, 2.75) is 13.0 Å². The molecule has 7 heteroatoms. The normalized spacial score (nSPS) is 10.5. The number of ether oxygens (including phenoxy) is 1. The predicted molar refractivity (Wildman–Crippen MR) is 99.0 cm³/mol. The van der Waals surface area contributed by atoms with Crippen LogP contribution in [0.25, 0.3) is 22.5 Å². The first-order valence-electron chi connectivity index (χ1n) is 8.58. The number of carbonyl (C=O) groups is 1. The van der Waals surface area contributed by atoms with E-state index in [9.17, 15) is 18.0 Å². The fraction of sp³-hybridized carbons (Fsp3) is 0.143. The van der Waals surface area contributed by atoms with Gasteiger partial charge in [-0.25, -0.2) is 4.39 Å². The molecular weight excluding hydrogens is 369 g/mol. The lowest BCUT2D eigenvalue weighted by Gasteiger charge is -2.08. The third-order valence-electron chi connectivity index (χ3n) is 3.99. The summed E-state index contributed by atoms with van der Waals surface area (Å²) in [6.45, 7) is -0.685. The van der Waals surface area contributed by atoms with Crippen molar-refractivity contribution in [3.8, 4) is 22.5 Å². The smallest absolute Gasteiger partial charge is 0.327 e. The molecule has 0 saturated heterocycles. The zero-order valence-electron chi connectivity index (χ0n) is 14.8. The van der Waals surface area contributed by atoms with Crippen LogP contribution in [0, 0.1) is 0 Å². The van der Waals surface area contributed by atoms with Gasteiger partial charge in [0.25, 0.3) is 0 Å². The number of carbonyl (C=O) groups excluding carboxylic acids is 1. The van der Waals surface area contributed by atoms with Crippen LogP contribution < -0.4 is 0 Å². The van der Waals surface area contributed by atoms with E-state index in [4.69, 9.17) is 4.74 Å². The maximum atomic E-state index is 12.8. The van der Waals surface area contributed by atoms with Gasteiger partial charge < -0.3 is 4.74 Å². The standard InChI is InChI=1S/C21H17F3N2O2/c22-17(21(23)24)11-12-28-20(27)14-26-19(16-9-5-2-6-10-16)13-18(25-26)15-7-3-1-4-8-15/h1-10,13H,11-12,14H2. The van der Waals surface area contributed by atoms with Gasteiger partial charge in [0.15, 0.2) is 5.83 Å². The number of benzene rings is 2. The summed E-state index contributed by atoms with van der Waals surface area (Å²) in [7, 11) is 0. The van der Waals surface area contributed by atoms with E-state index in [0.29, 0.717) is 11.4 Å². The Kier molecular flexibility index (Phi) is 6.26. The maximum Gasteiger partial charge on any atom is 0.327 e. The third-order valence-corrected chi connectivity index (χ3v) is 3.99. The molecule has 1 aromatic heterocycles. The van der Waals surface area contributed by atoms with E-state index >= 15 is 0 Å². The summed E-state index contributed by atoms with van der Waals surface area (Å²) in [5.41, 5.74) is 3.13. The van der Waals surface area contributed by atoms with Crippen molar-refractivity contribution in [2.24, 2.45) is 0 Å². The minimum atomic E-state index is -2.40. The van der Waals surface area contributed by atoms with Crippen LogP contribution >= 0.6 is 0 Å². The number of hydrogen-bond donors (Lipinski definition) is 0. The highest BCUT2D eigenvalue weighted by Crippen LogP contribution is 2.26. The van der Waals surface area contributed by atoms with Crippen LogP contribution in [0.15, 0.2) is 78.6 Å². The van der Waals surface area contributed by atoms with Gasteiger partial charge in [-0.15, -0.1) is 0 Å². The molecule has 0 unspecified atom stereocenters. The average molecular weight is 386 g/mol. The highest BCUT2D eigenvalue weighted by Gasteiger charge is 2.15. The minimum absolute atomic E-state index is 0.222. The van der Waals surface area contributed by atoms with Crippen LogP contribution in [-0.2, 0) is 16.1 Å². The van der Waals surface area contributed by atoms with Crippen molar-refractivity contribution < 1.29 is 22.7 Å². The molecule has 4 nitrogen and oxygen atoms in total. The van der Waals surface area contributed by atoms with E-state index in [0.717, 1.165) is 11.1 Å². The average Bonchev–Trinajstić information content (AvgIpc) is 3.13. The van der Waals surface area contributed by atoms with Gasteiger partial charge in [0, 0.05) is 12.0 Å². The Morgan fingerprint density at radius 3 is 2.14 bits per heavy atom. The Hall–Kier alpha value is -3.35. The van der Waals surface area contributed by atoms with E-state index in [2.05, 4.69) is 5.10 Å². The molecule has 1 heterocycles. The van der Waals surface area contributed by atoms with Gasteiger partial charge in [0.1, 0.15) is 6.54 Å². The molecule has 0 aliphatic heterocycles. The molecule has 144 valence electrons. The summed E-state index contributed by atoms with van der Waals surface area (Å²) in [6, 6.07) is 20.7. The Labute approximate surface area is 159 Å². The van der Waals surface area contributed by atoms with Gasteiger partial charge in [0.2, 0.25) is 0 Å². The second-order valence-corrected chi connectivity index (χ2v) is 5.94. The monoisotopic (exact) mass is 386 g/mol. The molecule has 0 saturated carbocycles. The summed E-state index contributed by atoms with van der Waals surface area (Å²) in [4.78, 5) is 12.1. The van der Waals surface area contributed by atoms with Crippen molar-refractivity contribution in [2.75, 3.05) is 6.61 Å². The van der Waals surface area contributed by atoms with E-state index in [-0.39, 0.29) is 6.54 Å². The first kappa shape index (κ1) is 19.4. The summed E-state index contributed by atoms with van der Waals surface area (Å²) in [5.74, 6) is -2.27. The Bertz CT molecular complexity index is 966. The minimum Gasteiger partial charge on any atom is -0.464 e. The number of esters is 1. The van der Waals surface area contributed by atoms with Crippen molar-refractivity contribution in [1.82, 2.24) is 9.78 Å². The molecule has 0 aliphatic rings.